The second-order valence-corrected chi connectivity index (χ2v) is 16.9. The van der Waals surface area contributed by atoms with Crippen molar-refractivity contribution < 1.29 is 58.5 Å². The summed E-state index contributed by atoms with van der Waals surface area (Å²) in [5.41, 5.74) is 17.5. The van der Waals surface area contributed by atoms with Crippen LogP contribution in [-0.4, -0.2) is 142 Å². The summed E-state index contributed by atoms with van der Waals surface area (Å²) in [6.07, 6.45) is -0.171. The van der Waals surface area contributed by atoms with Gasteiger partial charge in [-0.15, -0.1) is 0 Å². The summed E-state index contributed by atoms with van der Waals surface area (Å²) in [4.78, 5) is 120. The second kappa shape index (κ2) is 29.7. The quantitative estimate of drug-likeness (QED) is 0.0220. The lowest BCUT2D eigenvalue weighted by molar-refractivity contribution is -0.142. The number of aliphatic hydroxyl groups excluding tert-OH is 1. The van der Waals surface area contributed by atoms with Crippen LogP contribution in [-0.2, 0) is 56.0 Å². The molecule has 368 valence electrons. The van der Waals surface area contributed by atoms with E-state index < -0.39 is 108 Å². The Balaban J connectivity index is 2.30. The molecule has 24 heteroatoms. The van der Waals surface area contributed by atoms with Crippen LogP contribution in [0.15, 0.2) is 59.6 Å². The summed E-state index contributed by atoms with van der Waals surface area (Å²) in [7, 11) is 0. The van der Waals surface area contributed by atoms with Crippen LogP contribution < -0.4 is 54.4 Å². The second-order valence-electron chi connectivity index (χ2n) is 15.8. The van der Waals surface area contributed by atoms with E-state index in [1.807, 2.05) is 13.8 Å². The summed E-state index contributed by atoms with van der Waals surface area (Å²) in [6.45, 7) is 3.07. The number of carbonyl (C=O) groups excluding carboxylic acids is 8. The minimum Gasteiger partial charge on any atom is -0.508 e. The number of amides is 7. The molecule has 6 atom stereocenters. The van der Waals surface area contributed by atoms with Gasteiger partial charge in [0.15, 0.2) is 5.96 Å². The molecule has 0 spiro atoms. The Labute approximate surface area is 392 Å². The van der Waals surface area contributed by atoms with Crippen LogP contribution in [0.25, 0.3) is 0 Å². The number of guanidine groups is 1. The van der Waals surface area contributed by atoms with Crippen LogP contribution in [0.2, 0.25) is 0 Å². The van der Waals surface area contributed by atoms with E-state index >= 15 is 0 Å². The average Bonchev–Trinajstić information content (AvgIpc) is 3.27. The molecule has 0 aliphatic carbocycles. The zero-order valence-electron chi connectivity index (χ0n) is 37.6. The highest BCUT2D eigenvalue weighted by Gasteiger charge is 2.32. The topological polar surface area (TPSA) is 389 Å². The largest absolute Gasteiger partial charge is 0.508 e. The lowest BCUT2D eigenvalue weighted by Crippen LogP contribution is -2.59. The molecule has 0 saturated heterocycles. The van der Waals surface area contributed by atoms with Crippen LogP contribution in [0.1, 0.15) is 57.6 Å². The number of hydrogen-bond donors (Lipinski definition) is 13. The Hall–Kier alpha value is -6.79. The molecule has 0 fully saturated rings. The van der Waals surface area contributed by atoms with Crippen molar-refractivity contribution in [3.8, 4) is 5.75 Å². The number of aliphatic carboxylic acids is 1. The molecule has 23 nitrogen and oxygen atoms in total. The first-order valence-electron chi connectivity index (χ1n) is 21.4. The van der Waals surface area contributed by atoms with Crippen LogP contribution in [0.3, 0.4) is 0 Å². The van der Waals surface area contributed by atoms with E-state index in [9.17, 15) is 58.5 Å². The number of aliphatic hydroxyl groups is 1. The number of nitrogens with one attached hydrogen (secondary N) is 7. The number of phenols is 1. The zero-order chi connectivity index (χ0) is 50.1. The number of benzene rings is 2. The van der Waals surface area contributed by atoms with Crippen molar-refractivity contribution in [3.05, 3.63) is 65.7 Å². The maximum atomic E-state index is 14.1. The number of carboxylic acids is 1. The van der Waals surface area contributed by atoms with Gasteiger partial charge < -0.3 is 69.7 Å². The first kappa shape index (κ1) is 56.3. The summed E-state index contributed by atoms with van der Waals surface area (Å²) >= 11 is 0.747. The van der Waals surface area contributed by atoms with Crippen LogP contribution in [0, 0.1) is 5.92 Å². The number of aromatic hydroxyl groups is 1. The van der Waals surface area contributed by atoms with E-state index in [-0.39, 0.29) is 68.4 Å². The SMILES string of the molecule is CC(C)C[C@H](NC(=O)CCSC(=O)CNC(=O)[C@H](Cc1ccccc1)NC(=O)[C@H](CCCN=C(N)N)NC(=O)[C@H](Cc1ccc(O)cc1)NC(=O)[C@H](CO)NC(=O)CNC(=O)[C@H](C)N)C(=O)O. The predicted octanol–water partition coefficient (Wildman–Crippen LogP) is -2.99. The molecule has 0 unspecified atom stereocenters. The van der Waals surface area contributed by atoms with E-state index in [1.54, 1.807) is 30.3 Å². The highest BCUT2D eigenvalue weighted by atomic mass is 32.2. The smallest absolute Gasteiger partial charge is 0.326 e. The molecule has 0 aromatic heterocycles. The molecule has 0 heterocycles. The van der Waals surface area contributed by atoms with Crippen molar-refractivity contribution in [2.45, 2.75) is 95.5 Å². The summed E-state index contributed by atoms with van der Waals surface area (Å²) < 4.78 is 0. The molecule has 0 aliphatic heterocycles. The van der Waals surface area contributed by atoms with Crippen LogP contribution in [0.5, 0.6) is 5.75 Å². The third kappa shape index (κ3) is 22.8. The number of carboxylic acid groups (broad SMARTS) is 1. The van der Waals surface area contributed by atoms with Gasteiger partial charge in [0, 0.05) is 31.6 Å². The van der Waals surface area contributed by atoms with Gasteiger partial charge in [-0.3, -0.25) is 43.3 Å². The van der Waals surface area contributed by atoms with Crippen molar-refractivity contribution in [1.82, 2.24) is 37.2 Å². The van der Waals surface area contributed by atoms with E-state index in [1.165, 1.54) is 31.2 Å². The Morgan fingerprint density at radius 2 is 1.19 bits per heavy atom. The molecule has 0 radical (unpaired) electrons. The number of thioether (sulfide) groups is 1. The normalized spacial score (nSPS) is 13.5. The van der Waals surface area contributed by atoms with E-state index in [4.69, 9.17) is 17.2 Å². The summed E-state index contributed by atoms with van der Waals surface area (Å²) in [5.74, 6) is -7.07. The molecule has 2 aromatic rings. The fourth-order valence-corrected chi connectivity index (χ4v) is 6.73. The number of carbonyl (C=O) groups is 9. The highest BCUT2D eigenvalue weighted by Crippen LogP contribution is 2.13. The number of hydrogen-bond acceptors (Lipinski definition) is 14. The Morgan fingerprint density at radius 1 is 0.657 bits per heavy atom. The van der Waals surface area contributed by atoms with Crippen molar-refractivity contribution >= 4 is 70.2 Å². The number of nitrogens with zero attached hydrogens (tertiary/aromatic N) is 1. The lowest BCUT2D eigenvalue weighted by Gasteiger charge is -2.26. The molecular weight excluding hydrogens is 895 g/mol. The Morgan fingerprint density at radius 3 is 1.76 bits per heavy atom. The maximum Gasteiger partial charge on any atom is 0.326 e. The first-order chi connectivity index (χ1) is 31.7. The first-order valence-corrected chi connectivity index (χ1v) is 22.3. The van der Waals surface area contributed by atoms with Gasteiger partial charge in [0.2, 0.25) is 46.5 Å². The van der Waals surface area contributed by atoms with Gasteiger partial charge in [0.05, 0.1) is 25.7 Å². The maximum absolute atomic E-state index is 14.1. The Kier molecular flexibility index (Phi) is 25.0. The molecule has 2 rings (SSSR count). The van der Waals surface area contributed by atoms with Gasteiger partial charge in [-0.2, -0.15) is 0 Å². The third-order valence-corrected chi connectivity index (χ3v) is 10.4. The van der Waals surface area contributed by atoms with Crippen LogP contribution in [0.4, 0.5) is 0 Å². The number of phenolic OH excluding ortho intramolecular Hbond substituents is 1. The monoisotopic (exact) mass is 957 g/mol. The van der Waals surface area contributed by atoms with Crippen molar-refractivity contribution in [3.63, 3.8) is 0 Å². The van der Waals surface area contributed by atoms with Gasteiger partial charge in [0.25, 0.3) is 0 Å². The Bertz CT molecular complexity index is 2020. The van der Waals surface area contributed by atoms with Crippen molar-refractivity contribution in [2.75, 3.05) is 32.0 Å². The third-order valence-electron chi connectivity index (χ3n) is 9.51. The van der Waals surface area contributed by atoms with Crippen LogP contribution >= 0.6 is 11.8 Å². The van der Waals surface area contributed by atoms with Gasteiger partial charge >= 0.3 is 5.97 Å². The molecule has 16 N–H and O–H groups in total. The highest BCUT2D eigenvalue weighted by molar-refractivity contribution is 8.13. The van der Waals surface area contributed by atoms with Crippen molar-refractivity contribution in [1.29, 1.82) is 0 Å². The average molecular weight is 958 g/mol. The summed E-state index contributed by atoms with van der Waals surface area (Å²) in [6, 6.07) is 6.47. The van der Waals surface area contributed by atoms with Crippen molar-refractivity contribution in [2.24, 2.45) is 28.1 Å². The zero-order valence-corrected chi connectivity index (χ0v) is 38.4. The molecular formula is C43H63N11O12S. The van der Waals surface area contributed by atoms with Gasteiger partial charge in [0.1, 0.15) is 36.0 Å². The predicted molar refractivity (Wildman–Crippen MR) is 247 cm³/mol. The molecule has 0 aliphatic rings. The van der Waals surface area contributed by atoms with Gasteiger partial charge in [-0.05, 0) is 55.4 Å². The number of rotatable bonds is 29. The fourth-order valence-electron chi connectivity index (χ4n) is 6.04. The molecule has 0 bridgehead atoms. The molecule has 7 amide bonds. The van der Waals surface area contributed by atoms with Gasteiger partial charge in [-0.1, -0.05) is 68.1 Å². The molecule has 67 heavy (non-hydrogen) atoms. The van der Waals surface area contributed by atoms with Gasteiger partial charge in [-0.25, -0.2) is 4.79 Å². The molecule has 2 aromatic carbocycles. The lowest BCUT2D eigenvalue weighted by atomic mass is 10.0. The fraction of sp³-hybridized carbons (Fsp3) is 0.488. The van der Waals surface area contributed by atoms with E-state index in [0.717, 1.165) is 11.8 Å². The number of aliphatic imine (C=N–C) groups is 1. The van der Waals surface area contributed by atoms with E-state index in [0.29, 0.717) is 11.1 Å². The minimum atomic E-state index is -1.60. The minimum absolute atomic E-state index is 0.00226. The summed E-state index contributed by atoms with van der Waals surface area (Å²) in [5, 5.41) is 45.9. The number of nitrogens with two attached hydrogens (primary N) is 3. The standard InChI is InChI=1S/C43H63N11O12S/c1-24(2)18-32(42(65)66)50-34(57)15-17-67-36(59)22-49-38(61)30(19-26-8-5-4-6-9-26)53-39(62)29(10-7-16-47-43(45)46)52-40(63)31(20-27-11-13-28(56)14-12-27)54-41(64)33(23-55)51-35(58)21-48-37(60)25(3)44/h4-6,8-9,11-14,24-25,29-33,55-56H,7,10,15-23,44H2,1-3H3,(H,48,60)(H,49,61)(H,50,57)(H,51,58)(H,52,63)(H,53,62)(H,54,64)(H,65,66)(H4,45,46,47)/t25-,29-,30-,31-,32-,33-/m0/s1. The molecule has 0 saturated carbocycles. The van der Waals surface area contributed by atoms with E-state index in [2.05, 4.69) is 42.2 Å².